The lowest BCUT2D eigenvalue weighted by Gasteiger charge is -2.07. The van der Waals surface area contributed by atoms with Crippen molar-refractivity contribution in [3.63, 3.8) is 0 Å². The van der Waals surface area contributed by atoms with Gasteiger partial charge in [-0.25, -0.2) is 18.1 Å². The molecule has 0 aliphatic heterocycles. The Bertz CT molecular complexity index is 833. The molecule has 0 aliphatic rings. The molecule has 3 rings (SSSR count). The minimum atomic E-state index is -3.69. The van der Waals surface area contributed by atoms with Gasteiger partial charge in [0.15, 0.2) is 15.8 Å². The minimum Gasteiger partial charge on any atom is -0.368 e. The lowest BCUT2D eigenvalue weighted by molar-refractivity contribution is 0.577. The number of hydrogen-bond donors (Lipinski definition) is 3. The maximum atomic E-state index is 12.6. The highest BCUT2D eigenvalue weighted by Crippen LogP contribution is 2.25. The molecule has 0 spiro atoms. The zero-order valence-electron chi connectivity index (χ0n) is 11.2. The summed E-state index contributed by atoms with van der Waals surface area (Å²) in [5, 5.41) is 11.3. The van der Waals surface area contributed by atoms with E-state index in [1.54, 1.807) is 28.4 Å². The maximum absolute atomic E-state index is 12.6. The fourth-order valence-electron chi connectivity index (χ4n) is 1.93. The number of anilines is 1. The Balaban J connectivity index is 1.96. The fraction of sp³-hybridized carbons (Fsp3) is 0.273. The monoisotopic (exact) mass is 326 g/mol. The number of nitrogens with one attached hydrogen (secondary N) is 3. The molecule has 0 saturated carbocycles. The van der Waals surface area contributed by atoms with Crippen molar-refractivity contribution in [2.45, 2.75) is 18.5 Å². The van der Waals surface area contributed by atoms with Gasteiger partial charge in [-0.05, 0) is 6.92 Å². The first-order valence-electron chi connectivity index (χ1n) is 6.28. The molecule has 0 aromatic carbocycles. The van der Waals surface area contributed by atoms with Crippen molar-refractivity contribution in [3.05, 3.63) is 29.5 Å². The van der Waals surface area contributed by atoms with Crippen LogP contribution in [-0.4, -0.2) is 34.5 Å². The van der Waals surface area contributed by atoms with Crippen LogP contribution in [0.25, 0.3) is 4.96 Å². The lowest BCUT2D eigenvalue weighted by atomic mass is 10.4. The number of rotatable bonds is 6. The molecular weight excluding hydrogens is 312 g/mol. The molecule has 0 radical (unpaired) electrons. The van der Waals surface area contributed by atoms with Crippen molar-refractivity contribution in [2.75, 3.05) is 11.9 Å². The Morgan fingerprint density at radius 2 is 2.33 bits per heavy atom. The average Bonchev–Trinajstić information content (AvgIpc) is 3.12. The molecule has 0 fully saturated rings. The van der Waals surface area contributed by atoms with E-state index in [0.717, 1.165) is 5.56 Å². The minimum absolute atomic E-state index is 0.129. The predicted octanol–water partition coefficient (Wildman–Crippen LogP) is 1.03. The summed E-state index contributed by atoms with van der Waals surface area (Å²) < 4.78 is 29.2. The Labute approximate surface area is 125 Å². The van der Waals surface area contributed by atoms with E-state index in [0.29, 0.717) is 17.3 Å². The molecule has 21 heavy (non-hydrogen) atoms. The van der Waals surface area contributed by atoms with Gasteiger partial charge in [-0.15, -0.1) is 11.3 Å². The summed E-state index contributed by atoms with van der Waals surface area (Å²) in [6, 6.07) is 0. The largest absolute Gasteiger partial charge is 0.368 e. The highest BCUT2D eigenvalue weighted by molar-refractivity contribution is 7.89. The second-order valence-electron chi connectivity index (χ2n) is 4.28. The lowest BCUT2D eigenvalue weighted by Crippen LogP contribution is -2.25. The zero-order chi connectivity index (χ0) is 14.9. The number of thiazole rings is 1. The molecule has 3 aromatic heterocycles. The van der Waals surface area contributed by atoms with E-state index in [-0.39, 0.29) is 11.6 Å². The normalized spacial score (nSPS) is 12.0. The fourth-order valence-corrected chi connectivity index (χ4v) is 3.97. The summed E-state index contributed by atoms with van der Waals surface area (Å²) in [6.45, 7) is 2.65. The third-order valence-corrected chi connectivity index (χ3v) is 5.02. The van der Waals surface area contributed by atoms with Gasteiger partial charge in [0, 0.05) is 36.4 Å². The van der Waals surface area contributed by atoms with Gasteiger partial charge in [-0.1, -0.05) is 0 Å². The van der Waals surface area contributed by atoms with Gasteiger partial charge in [-0.3, -0.25) is 9.50 Å². The van der Waals surface area contributed by atoms with E-state index in [1.165, 1.54) is 11.3 Å². The SMILES string of the molecule is CCNc1nc2sccn2c1S(=O)(=O)NCc1cn[nH]c1. The number of H-pyrrole nitrogens is 1. The Morgan fingerprint density at radius 1 is 1.48 bits per heavy atom. The van der Waals surface area contributed by atoms with Crippen LogP contribution >= 0.6 is 11.3 Å². The number of hydrogen-bond acceptors (Lipinski definition) is 6. The highest BCUT2D eigenvalue weighted by Gasteiger charge is 2.25. The van der Waals surface area contributed by atoms with E-state index < -0.39 is 10.0 Å². The van der Waals surface area contributed by atoms with Gasteiger partial charge >= 0.3 is 0 Å². The summed E-state index contributed by atoms with van der Waals surface area (Å²) in [5.74, 6) is 0.365. The van der Waals surface area contributed by atoms with Gasteiger partial charge in [0.25, 0.3) is 10.0 Å². The molecule has 10 heteroatoms. The van der Waals surface area contributed by atoms with E-state index in [4.69, 9.17) is 0 Å². The van der Waals surface area contributed by atoms with Crippen molar-refractivity contribution in [1.82, 2.24) is 24.3 Å². The molecule has 0 saturated heterocycles. The van der Waals surface area contributed by atoms with Crippen LogP contribution in [-0.2, 0) is 16.6 Å². The van der Waals surface area contributed by atoms with Crippen molar-refractivity contribution in [3.8, 4) is 0 Å². The average molecular weight is 326 g/mol. The quantitative estimate of drug-likeness (QED) is 0.627. The summed E-state index contributed by atoms with van der Waals surface area (Å²) in [6.07, 6.45) is 4.91. The summed E-state index contributed by atoms with van der Waals surface area (Å²) in [4.78, 5) is 4.94. The van der Waals surface area contributed by atoms with E-state index >= 15 is 0 Å². The first-order chi connectivity index (χ1) is 10.1. The summed E-state index contributed by atoms with van der Waals surface area (Å²) in [7, 11) is -3.69. The summed E-state index contributed by atoms with van der Waals surface area (Å²) in [5.41, 5.74) is 0.759. The predicted molar refractivity (Wildman–Crippen MR) is 79.8 cm³/mol. The van der Waals surface area contributed by atoms with Crippen LogP contribution in [0.15, 0.2) is 29.0 Å². The second-order valence-corrected chi connectivity index (χ2v) is 6.84. The molecule has 0 bridgehead atoms. The van der Waals surface area contributed by atoms with E-state index in [9.17, 15) is 8.42 Å². The summed E-state index contributed by atoms with van der Waals surface area (Å²) >= 11 is 1.38. The second kappa shape index (κ2) is 5.47. The van der Waals surface area contributed by atoms with Crippen LogP contribution in [0.3, 0.4) is 0 Å². The standard InChI is InChI=1S/C11H14N6O2S2/c1-2-12-9-10(17-3-4-20-11(17)16-9)21(18,19)15-7-8-5-13-14-6-8/h3-6,12,15H,2,7H2,1H3,(H,13,14). The smallest absolute Gasteiger partial charge is 0.260 e. The third-order valence-electron chi connectivity index (χ3n) is 2.84. The van der Waals surface area contributed by atoms with Crippen LogP contribution in [0.5, 0.6) is 0 Å². The number of aromatic nitrogens is 4. The van der Waals surface area contributed by atoms with E-state index in [2.05, 4.69) is 25.2 Å². The number of imidazole rings is 1. The van der Waals surface area contributed by atoms with Gasteiger partial charge in [0.05, 0.1) is 6.20 Å². The maximum Gasteiger partial charge on any atom is 0.260 e. The zero-order valence-corrected chi connectivity index (χ0v) is 12.8. The van der Waals surface area contributed by atoms with Gasteiger partial charge in [0.1, 0.15) is 0 Å². The van der Waals surface area contributed by atoms with Gasteiger partial charge < -0.3 is 5.32 Å². The number of sulfonamides is 1. The topological polar surface area (TPSA) is 104 Å². The number of nitrogens with zero attached hydrogens (tertiary/aromatic N) is 3. The highest BCUT2D eigenvalue weighted by atomic mass is 32.2. The van der Waals surface area contributed by atoms with E-state index in [1.807, 2.05) is 6.92 Å². The molecule has 112 valence electrons. The molecular formula is C11H14N6O2S2. The van der Waals surface area contributed by atoms with Crippen molar-refractivity contribution in [2.24, 2.45) is 0 Å². The first kappa shape index (κ1) is 14.0. The molecule has 3 N–H and O–H groups in total. The molecule has 0 aliphatic carbocycles. The first-order valence-corrected chi connectivity index (χ1v) is 8.65. The number of fused-ring (bicyclic) bond motifs is 1. The molecule has 3 heterocycles. The number of aromatic amines is 1. The van der Waals surface area contributed by atoms with Crippen LogP contribution in [0.1, 0.15) is 12.5 Å². The van der Waals surface area contributed by atoms with Crippen LogP contribution in [0, 0.1) is 0 Å². The van der Waals surface area contributed by atoms with Gasteiger partial charge in [0.2, 0.25) is 0 Å². The Hall–Kier alpha value is -1.91. The van der Waals surface area contributed by atoms with Gasteiger partial charge in [-0.2, -0.15) is 5.10 Å². The Morgan fingerprint density at radius 3 is 3.05 bits per heavy atom. The van der Waals surface area contributed by atoms with Crippen molar-refractivity contribution >= 4 is 32.1 Å². The molecule has 3 aromatic rings. The third kappa shape index (κ3) is 2.64. The van der Waals surface area contributed by atoms with Crippen LogP contribution in [0.4, 0.5) is 5.82 Å². The molecule has 0 amide bonds. The van der Waals surface area contributed by atoms with Crippen molar-refractivity contribution < 1.29 is 8.42 Å². The Kier molecular flexibility index (Phi) is 3.66. The van der Waals surface area contributed by atoms with Crippen LogP contribution in [0.2, 0.25) is 0 Å². The molecule has 8 nitrogen and oxygen atoms in total. The van der Waals surface area contributed by atoms with Crippen molar-refractivity contribution in [1.29, 1.82) is 0 Å². The molecule has 0 atom stereocenters. The molecule has 0 unspecified atom stereocenters. The van der Waals surface area contributed by atoms with Crippen LogP contribution < -0.4 is 10.0 Å².